The highest BCUT2D eigenvalue weighted by molar-refractivity contribution is 5.67. The van der Waals surface area contributed by atoms with Crippen LogP contribution in [0, 0.1) is 0 Å². The van der Waals surface area contributed by atoms with Crippen molar-refractivity contribution >= 4 is 0 Å². The number of hydrogen-bond donors (Lipinski definition) is 2. The number of hydrogen-bond acceptors (Lipinski definition) is 12. The zero-order valence-corrected chi connectivity index (χ0v) is 54.0. The smallest absolute Gasteiger partial charge is 0.162 e. The van der Waals surface area contributed by atoms with Gasteiger partial charge in [-0.2, -0.15) is 0 Å². The van der Waals surface area contributed by atoms with Crippen LogP contribution in [0.2, 0.25) is 0 Å². The van der Waals surface area contributed by atoms with Crippen LogP contribution >= 0.6 is 0 Å². The number of aliphatic hydroxyl groups is 2. The third kappa shape index (κ3) is 15.6. The van der Waals surface area contributed by atoms with E-state index in [4.69, 9.17) is 47.4 Å². The van der Waals surface area contributed by atoms with E-state index in [9.17, 15) is 10.2 Å². The van der Waals surface area contributed by atoms with Gasteiger partial charge in [0, 0.05) is 41.3 Å². The monoisotopic (exact) mass is 1300 g/mol. The molecule has 12 aromatic carbocycles. The van der Waals surface area contributed by atoms with Crippen LogP contribution in [0.5, 0.6) is 57.5 Å². The van der Waals surface area contributed by atoms with E-state index in [2.05, 4.69) is 0 Å². The molecule has 2 aliphatic heterocycles. The fourth-order valence-corrected chi connectivity index (χ4v) is 12.4. The molecule has 0 spiro atoms. The van der Waals surface area contributed by atoms with E-state index in [1.165, 1.54) is 0 Å². The van der Waals surface area contributed by atoms with Crippen LogP contribution in [-0.4, -0.2) is 22.4 Å². The van der Waals surface area contributed by atoms with Crippen molar-refractivity contribution in [3.63, 3.8) is 0 Å². The van der Waals surface area contributed by atoms with Crippen molar-refractivity contribution in [1.29, 1.82) is 0 Å². The number of aliphatic hydroxyl groups excluding tert-OH is 2. The van der Waals surface area contributed by atoms with Gasteiger partial charge in [0.25, 0.3) is 0 Å². The first-order valence-electron chi connectivity index (χ1n) is 33.1. The molecule has 2 aliphatic rings. The van der Waals surface area contributed by atoms with Gasteiger partial charge in [-0.1, -0.05) is 255 Å². The first kappa shape index (κ1) is 63.9. The van der Waals surface area contributed by atoms with Gasteiger partial charge in [0.2, 0.25) is 0 Å². The Hall–Kier alpha value is -11.4. The molecule has 490 valence electrons. The van der Waals surface area contributed by atoms with Crippen molar-refractivity contribution in [1.82, 2.24) is 0 Å². The summed E-state index contributed by atoms with van der Waals surface area (Å²) in [4.78, 5) is 0. The third-order valence-corrected chi connectivity index (χ3v) is 17.5. The maximum absolute atomic E-state index is 14.1. The summed E-state index contributed by atoms with van der Waals surface area (Å²) in [6.07, 6.45) is -4.62. The van der Waals surface area contributed by atoms with Crippen LogP contribution in [0.15, 0.2) is 297 Å². The van der Waals surface area contributed by atoms with Crippen molar-refractivity contribution in [3.8, 4) is 57.5 Å². The van der Waals surface area contributed by atoms with Gasteiger partial charge in [-0.15, -0.1) is 0 Å². The molecule has 0 saturated carbocycles. The summed E-state index contributed by atoms with van der Waals surface area (Å²) in [5.41, 5.74) is 10.3. The fourth-order valence-electron chi connectivity index (χ4n) is 12.4. The highest BCUT2D eigenvalue weighted by atomic mass is 16.5. The molecule has 0 radical (unpaired) electrons. The lowest BCUT2D eigenvalue weighted by Gasteiger charge is -2.41. The van der Waals surface area contributed by atoms with Gasteiger partial charge in [0.1, 0.15) is 99.6 Å². The predicted octanol–water partition coefficient (Wildman–Crippen LogP) is 18.0. The van der Waals surface area contributed by atoms with E-state index in [1.807, 2.05) is 297 Å². The number of ether oxygens (including phenoxy) is 10. The second-order valence-corrected chi connectivity index (χ2v) is 24.4. The Labute approximate surface area is 571 Å². The van der Waals surface area contributed by atoms with Gasteiger partial charge in [0.15, 0.2) is 29.1 Å². The third-order valence-electron chi connectivity index (χ3n) is 17.5. The van der Waals surface area contributed by atoms with E-state index >= 15 is 0 Å². The van der Waals surface area contributed by atoms with Crippen LogP contribution in [0.1, 0.15) is 90.5 Å². The molecule has 2 heterocycles. The molecule has 12 aromatic rings. The number of fused-ring (bicyclic) bond motifs is 2. The normalized spacial score (nSPS) is 16.0. The maximum Gasteiger partial charge on any atom is 0.162 e. The Morgan fingerprint density at radius 3 is 1.00 bits per heavy atom. The SMILES string of the molecule is O[C@@H]1[C@H](c2c(OCc3ccccc3)cc(OCc3ccccc3)c3c2O[C@H](c2ccc(OCc4ccccc4)c(OCc4ccccc4)c2)[C@@H](O)C3)c2c(OCc3ccccc3)cc(OCc3ccccc3)cc2O[C@@H]1c1ccc(OCc2ccccc2)c(OCc2ccccc2)c1. The first-order valence-corrected chi connectivity index (χ1v) is 33.1. The Morgan fingerprint density at radius 2 is 0.612 bits per heavy atom. The topological polar surface area (TPSA) is 133 Å². The molecule has 0 saturated heterocycles. The van der Waals surface area contributed by atoms with Crippen LogP contribution in [0.4, 0.5) is 0 Å². The summed E-state index contributed by atoms with van der Waals surface area (Å²) in [5, 5.41) is 27.0. The minimum atomic E-state index is -1.43. The van der Waals surface area contributed by atoms with E-state index in [0.29, 0.717) is 91.9 Å². The lowest BCUT2D eigenvalue weighted by molar-refractivity contribution is 0.000521. The standard InChI is InChI=1S/C86H74O12/c87-71-49-70-74(92-54-62-31-15-4-16-32-62)50-78(96-58-66-39-23-8-24-40-66)81(86(70)98-84(71)67-41-43-72(90-52-60-27-11-2-12-28-60)75(45-67)93-55-63-33-17-5-18-34-63)82-80-77(95-57-65-37-21-7-22-38-65)47-69(89-51-59-25-9-1-10-26-59)48-79(80)97-85(83(82)88)68-42-44-73(91-53-61-29-13-3-14-30-61)76(46-68)94-56-64-35-19-6-20-36-64/h1-48,50,71,82-85,87-88H,49,51-58H2/t71-,82-,83+,84+,85+/m0/s1. The zero-order valence-electron chi connectivity index (χ0n) is 54.0. The average Bonchev–Trinajstić information content (AvgIpc) is 0.724. The highest BCUT2D eigenvalue weighted by Crippen LogP contribution is 2.58. The summed E-state index contributed by atoms with van der Waals surface area (Å²) in [6, 6.07) is 96.4. The second kappa shape index (κ2) is 31.0. The molecular weight excluding hydrogens is 1220 g/mol. The number of rotatable bonds is 27. The average molecular weight is 1300 g/mol. The van der Waals surface area contributed by atoms with E-state index < -0.39 is 30.3 Å². The Bertz CT molecular complexity index is 4530. The lowest BCUT2D eigenvalue weighted by atomic mass is 9.77. The molecule has 0 fully saturated rings. The summed E-state index contributed by atoms with van der Waals surface area (Å²) >= 11 is 0. The summed E-state index contributed by atoms with van der Waals surface area (Å²) in [5.74, 6) is 3.21. The quantitative estimate of drug-likeness (QED) is 0.0508. The Morgan fingerprint density at radius 1 is 0.286 bits per heavy atom. The molecule has 2 N–H and O–H groups in total. The van der Waals surface area contributed by atoms with Crippen molar-refractivity contribution in [2.45, 2.75) is 89.6 Å². The fraction of sp³-hybridized carbons (Fsp3) is 0.163. The van der Waals surface area contributed by atoms with Crippen LogP contribution in [0.3, 0.4) is 0 Å². The Kier molecular flexibility index (Phi) is 20.2. The van der Waals surface area contributed by atoms with E-state index in [-0.39, 0.29) is 52.7 Å². The van der Waals surface area contributed by atoms with Gasteiger partial charge in [-0.3, -0.25) is 0 Å². The first-order chi connectivity index (χ1) is 48.4. The molecule has 12 nitrogen and oxygen atoms in total. The molecule has 12 heteroatoms. The molecule has 0 amide bonds. The van der Waals surface area contributed by atoms with Crippen LogP contribution in [0.25, 0.3) is 0 Å². The summed E-state index contributed by atoms with van der Waals surface area (Å²) < 4.78 is 69.4. The van der Waals surface area contributed by atoms with Crippen LogP contribution < -0.4 is 47.4 Å². The molecule has 0 bridgehead atoms. The zero-order chi connectivity index (χ0) is 66.2. The largest absolute Gasteiger partial charge is 0.489 e. The highest BCUT2D eigenvalue weighted by Gasteiger charge is 2.47. The van der Waals surface area contributed by atoms with Crippen molar-refractivity contribution < 1.29 is 57.6 Å². The van der Waals surface area contributed by atoms with Gasteiger partial charge in [0.05, 0.1) is 12.0 Å². The molecule has 0 aliphatic carbocycles. The summed E-state index contributed by atoms with van der Waals surface area (Å²) in [6.45, 7) is 1.75. The predicted molar refractivity (Wildman–Crippen MR) is 376 cm³/mol. The molecule has 0 unspecified atom stereocenters. The van der Waals surface area contributed by atoms with E-state index in [0.717, 1.165) is 44.5 Å². The van der Waals surface area contributed by atoms with Gasteiger partial charge in [-0.25, -0.2) is 0 Å². The van der Waals surface area contributed by atoms with Gasteiger partial charge < -0.3 is 57.6 Å². The minimum absolute atomic E-state index is 0.0638. The van der Waals surface area contributed by atoms with Crippen molar-refractivity contribution in [2.24, 2.45) is 0 Å². The van der Waals surface area contributed by atoms with Gasteiger partial charge in [-0.05, 0) is 79.9 Å². The lowest BCUT2D eigenvalue weighted by Crippen LogP contribution is -2.37. The maximum atomic E-state index is 14.1. The van der Waals surface area contributed by atoms with Crippen molar-refractivity contribution in [3.05, 3.63) is 370 Å². The molecular formula is C86H74O12. The number of benzene rings is 12. The Balaban J connectivity index is 0.954. The van der Waals surface area contributed by atoms with Crippen LogP contribution in [-0.2, 0) is 59.3 Å². The van der Waals surface area contributed by atoms with Gasteiger partial charge >= 0.3 is 0 Å². The van der Waals surface area contributed by atoms with Crippen molar-refractivity contribution in [2.75, 3.05) is 0 Å². The second-order valence-electron chi connectivity index (χ2n) is 24.4. The minimum Gasteiger partial charge on any atom is -0.489 e. The molecule has 0 aromatic heterocycles. The van der Waals surface area contributed by atoms with E-state index in [1.54, 1.807) is 0 Å². The molecule has 14 rings (SSSR count). The summed E-state index contributed by atoms with van der Waals surface area (Å²) in [7, 11) is 0. The molecule has 5 atom stereocenters. The molecule has 98 heavy (non-hydrogen) atoms.